The van der Waals surface area contributed by atoms with E-state index in [-0.39, 0.29) is 17.0 Å². The lowest BCUT2D eigenvalue weighted by atomic mass is 9.93. The smallest absolute Gasteiger partial charge is 0.354 e. The number of aryl methyl sites for hydroxylation is 1. The van der Waals surface area contributed by atoms with Crippen molar-refractivity contribution in [1.29, 1.82) is 0 Å². The van der Waals surface area contributed by atoms with Crippen LogP contribution in [0.5, 0.6) is 5.75 Å². The topological polar surface area (TPSA) is 112 Å². The quantitative estimate of drug-likeness (QED) is 0.265. The molecule has 182 valence electrons. The number of amides is 1. The lowest BCUT2D eigenvalue weighted by Crippen LogP contribution is -2.32. The summed E-state index contributed by atoms with van der Waals surface area (Å²) >= 11 is 0. The molecule has 3 rings (SSSR count). The molecule has 1 fully saturated rings. The molecule has 0 aliphatic carbocycles. The number of hydrogen-bond acceptors (Lipinski definition) is 7. The van der Waals surface area contributed by atoms with E-state index in [2.05, 4.69) is 4.98 Å². The van der Waals surface area contributed by atoms with Crippen LogP contribution in [0.4, 0.5) is 0 Å². The molecule has 2 heterocycles. The van der Waals surface area contributed by atoms with Gasteiger partial charge in [0.25, 0.3) is 11.7 Å². The number of H-pyrrole nitrogens is 1. The van der Waals surface area contributed by atoms with E-state index >= 15 is 0 Å². The minimum Gasteiger partial charge on any atom is -0.507 e. The van der Waals surface area contributed by atoms with Crippen LogP contribution in [-0.2, 0) is 14.3 Å². The van der Waals surface area contributed by atoms with Crippen LogP contribution in [0.1, 0.15) is 45.3 Å². The molecule has 0 radical (unpaired) electrons. The number of aromatic amines is 1. The van der Waals surface area contributed by atoms with Crippen LogP contribution in [0.3, 0.4) is 0 Å². The number of hydrogen-bond donors (Lipinski definition) is 2. The second-order valence-electron chi connectivity index (χ2n) is 8.51. The van der Waals surface area contributed by atoms with Crippen molar-refractivity contribution < 1.29 is 29.0 Å². The minimum absolute atomic E-state index is 0.0408. The van der Waals surface area contributed by atoms with E-state index in [1.807, 2.05) is 19.0 Å². The Morgan fingerprint density at radius 2 is 1.85 bits per heavy atom. The standard InChI is InChI=1S/C25H31N3O6/c1-14-18(15(2)26-20(14)25(32)34-6)22(29)19-21(16-10-7-8-11-17(16)33-5)28(24(31)23(19)30)13-9-12-27(3)4/h7-8,10-11,21,26,29H,9,12-13H2,1-6H3/b22-19+/t21-/m1/s1. The Balaban J connectivity index is 2.22. The van der Waals surface area contributed by atoms with Crippen molar-refractivity contribution in [2.45, 2.75) is 26.3 Å². The van der Waals surface area contributed by atoms with E-state index in [4.69, 9.17) is 9.47 Å². The fourth-order valence-corrected chi connectivity index (χ4v) is 4.43. The normalized spacial score (nSPS) is 17.5. The summed E-state index contributed by atoms with van der Waals surface area (Å²) in [5.74, 6) is -1.90. The number of likely N-dealkylation sites (tertiary alicyclic amines) is 1. The first-order chi connectivity index (χ1) is 16.1. The van der Waals surface area contributed by atoms with Crippen molar-refractivity contribution in [3.8, 4) is 5.75 Å². The number of para-hydroxylation sites is 1. The van der Waals surface area contributed by atoms with Gasteiger partial charge in [0.15, 0.2) is 0 Å². The van der Waals surface area contributed by atoms with Crippen molar-refractivity contribution in [3.05, 3.63) is 57.9 Å². The van der Waals surface area contributed by atoms with E-state index in [1.54, 1.807) is 38.1 Å². The first-order valence-electron chi connectivity index (χ1n) is 11.0. The fourth-order valence-electron chi connectivity index (χ4n) is 4.43. The number of benzene rings is 1. The van der Waals surface area contributed by atoms with E-state index in [1.165, 1.54) is 19.1 Å². The number of nitrogens with zero attached hydrogens (tertiary/aromatic N) is 2. The molecule has 1 saturated heterocycles. The van der Waals surface area contributed by atoms with Gasteiger partial charge in [0.1, 0.15) is 17.2 Å². The van der Waals surface area contributed by atoms with Crippen molar-refractivity contribution in [2.75, 3.05) is 41.4 Å². The van der Waals surface area contributed by atoms with E-state index in [0.717, 1.165) is 6.54 Å². The number of carbonyl (C=O) groups is 3. The molecular weight excluding hydrogens is 438 g/mol. The summed E-state index contributed by atoms with van der Waals surface area (Å²) in [7, 11) is 6.64. The zero-order valence-corrected chi connectivity index (χ0v) is 20.4. The molecule has 9 nitrogen and oxygen atoms in total. The van der Waals surface area contributed by atoms with E-state index < -0.39 is 23.7 Å². The number of aromatic nitrogens is 1. The van der Waals surface area contributed by atoms with Crippen molar-refractivity contribution >= 4 is 23.4 Å². The molecule has 1 amide bonds. The Bertz CT molecular complexity index is 1150. The van der Waals surface area contributed by atoms with Gasteiger partial charge < -0.3 is 29.4 Å². The Morgan fingerprint density at radius 1 is 1.18 bits per heavy atom. The first kappa shape index (κ1) is 25.0. The fraction of sp³-hybridized carbons (Fsp3) is 0.400. The monoisotopic (exact) mass is 469 g/mol. The summed E-state index contributed by atoms with van der Waals surface area (Å²) in [6.07, 6.45) is 0.639. The number of methoxy groups -OCH3 is 2. The number of rotatable bonds is 8. The molecule has 2 N–H and O–H groups in total. The number of ether oxygens (including phenoxy) is 2. The first-order valence-corrected chi connectivity index (χ1v) is 11.0. The van der Waals surface area contributed by atoms with Crippen LogP contribution in [0.25, 0.3) is 5.76 Å². The molecule has 1 aromatic carbocycles. The Hall–Kier alpha value is -3.59. The third-order valence-corrected chi connectivity index (χ3v) is 6.04. The SMILES string of the molecule is COC(=O)c1[nH]c(C)c(/C(O)=C2\C(=O)C(=O)N(CCCN(C)C)[C@@H]2c2ccccc2OC)c1C. The maximum atomic E-state index is 13.3. The average Bonchev–Trinajstić information content (AvgIpc) is 3.25. The summed E-state index contributed by atoms with van der Waals surface area (Å²) in [5, 5.41) is 11.4. The number of nitrogens with one attached hydrogen (secondary N) is 1. The van der Waals surface area contributed by atoms with E-state index in [9.17, 15) is 19.5 Å². The lowest BCUT2D eigenvalue weighted by molar-refractivity contribution is -0.140. The predicted octanol–water partition coefficient (Wildman–Crippen LogP) is 2.80. The Kier molecular flexibility index (Phi) is 7.46. The van der Waals surface area contributed by atoms with Crippen LogP contribution in [-0.4, -0.2) is 79.0 Å². The highest BCUT2D eigenvalue weighted by atomic mass is 16.5. The molecule has 1 atom stereocenters. The van der Waals surface area contributed by atoms with E-state index in [0.29, 0.717) is 41.1 Å². The molecule has 2 aromatic rings. The molecule has 0 saturated carbocycles. The van der Waals surface area contributed by atoms with Gasteiger partial charge in [-0.25, -0.2) is 4.79 Å². The van der Waals surface area contributed by atoms with Gasteiger partial charge in [-0.1, -0.05) is 18.2 Å². The largest absolute Gasteiger partial charge is 0.507 e. The molecule has 0 spiro atoms. The van der Waals surface area contributed by atoms with Crippen molar-refractivity contribution in [3.63, 3.8) is 0 Å². The highest BCUT2D eigenvalue weighted by molar-refractivity contribution is 6.46. The number of carbonyl (C=O) groups excluding carboxylic acids is 3. The highest BCUT2D eigenvalue weighted by Crippen LogP contribution is 2.43. The Morgan fingerprint density at radius 3 is 2.47 bits per heavy atom. The molecule has 0 unspecified atom stereocenters. The maximum Gasteiger partial charge on any atom is 0.354 e. The molecule has 34 heavy (non-hydrogen) atoms. The zero-order valence-electron chi connectivity index (χ0n) is 20.4. The van der Waals surface area contributed by atoms with Gasteiger partial charge in [-0.2, -0.15) is 0 Å². The van der Waals surface area contributed by atoms with Crippen LogP contribution >= 0.6 is 0 Å². The highest BCUT2D eigenvalue weighted by Gasteiger charge is 2.47. The minimum atomic E-state index is -0.839. The second kappa shape index (κ2) is 10.1. The molecule has 0 bridgehead atoms. The predicted molar refractivity (Wildman–Crippen MR) is 127 cm³/mol. The lowest BCUT2D eigenvalue weighted by Gasteiger charge is -2.27. The van der Waals surface area contributed by atoms with Gasteiger partial charge >= 0.3 is 5.97 Å². The van der Waals surface area contributed by atoms with Crippen LogP contribution < -0.4 is 4.74 Å². The van der Waals surface area contributed by atoms with Gasteiger partial charge in [0.05, 0.1) is 25.8 Å². The van der Waals surface area contributed by atoms with Crippen molar-refractivity contribution in [1.82, 2.24) is 14.8 Å². The van der Waals surface area contributed by atoms with Crippen LogP contribution in [0.15, 0.2) is 29.8 Å². The van der Waals surface area contributed by atoms with Gasteiger partial charge in [0, 0.05) is 23.4 Å². The molecule has 1 aromatic heterocycles. The third-order valence-electron chi connectivity index (χ3n) is 6.04. The number of aliphatic hydroxyl groups is 1. The Labute approximate surface area is 199 Å². The third kappa shape index (κ3) is 4.43. The van der Waals surface area contributed by atoms with Gasteiger partial charge in [-0.15, -0.1) is 0 Å². The molecular formula is C25H31N3O6. The van der Waals surface area contributed by atoms with Gasteiger partial charge in [0.2, 0.25) is 0 Å². The molecule has 1 aliphatic heterocycles. The van der Waals surface area contributed by atoms with Gasteiger partial charge in [-0.05, 0) is 52.5 Å². The summed E-state index contributed by atoms with van der Waals surface area (Å²) in [6.45, 7) is 4.37. The maximum absolute atomic E-state index is 13.3. The number of aliphatic hydroxyl groups excluding tert-OH is 1. The average molecular weight is 470 g/mol. The van der Waals surface area contributed by atoms with Crippen LogP contribution in [0.2, 0.25) is 0 Å². The molecule has 1 aliphatic rings. The number of ketones is 1. The van der Waals surface area contributed by atoms with Gasteiger partial charge in [-0.3, -0.25) is 9.59 Å². The summed E-state index contributed by atoms with van der Waals surface area (Å²) in [5.41, 5.74) is 1.94. The summed E-state index contributed by atoms with van der Waals surface area (Å²) < 4.78 is 10.3. The number of Topliss-reactive ketones (excluding diaryl/α,β-unsaturated/α-hetero) is 1. The summed E-state index contributed by atoms with van der Waals surface area (Å²) in [6, 6.07) is 6.27. The number of esters is 1. The van der Waals surface area contributed by atoms with Crippen LogP contribution in [0, 0.1) is 13.8 Å². The zero-order chi connectivity index (χ0) is 25.2. The van der Waals surface area contributed by atoms with Crippen molar-refractivity contribution in [2.24, 2.45) is 0 Å². The second-order valence-corrected chi connectivity index (χ2v) is 8.51. The summed E-state index contributed by atoms with van der Waals surface area (Å²) in [4.78, 5) is 45.0. The molecule has 9 heteroatoms.